The van der Waals surface area contributed by atoms with Gasteiger partial charge in [0.1, 0.15) is 11.5 Å². The quantitative estimate of drug-likeness (QED) is 0.867. The molecule has 0 saturated heterocycles. The SMILES string of the molecule is CCCCN1CCn2nc(CNC(=O)c3cc(C)nc(C)n3)cc2C1. The number of rotatable bonds is 6. The first-order valence-electron chi connectivity index (χ1n) is 8.93. The highest BCUT2D eigenvalue weighted by Gasteiger charge is 2.18. The molecule has 7 heteroatoms. The van der Waals surface area contributed by atoms with E-state index in [4.69, 9.17) is 0 Å². The maximum Gasteiger partial charge on any atom is 0.270 e. The topological polar surface area (TPSA) is 75.9 Å². The van der Waals surface area contributed by atoms with Crippen LogP contribution >= 0.6 is 0 Å². The van der Waals surface area contributed by atoms with E-state index in [1.54, 1.807) is 13.0 Å². The Hall–Kier alpha value is -2.28. The number of carbonyl (C=O) groups is 1. The summed E-state index contributed by atoms with van der Waals surface area (Å²) >= 11 is 0. The van der Waals surface area contributed by atoms with Crippen LogP contribution in [0.3, 0.4) is 0 Å². The fraction of sp³-hybridized carbons (Fsp3) is 0.556. The number of amides is 1. The van der Waals surface area contributed by atoms with E-state index in [1.165, 1.54) is 18.5 Å². The third-order valence-corrected chi connectivity index (χ3v) is 4.38. The van der Waals surface area contributed by atoms with Crippen LogP contribution in [0, 0.1) is 13.8 Å². The van der Waals surface area contributed by atoms with Gasteiger partial charge in [0, 0.05) is 18.8 Å². The first-order chi connectivity index (χ1) is 12.0. The predicted molar refractivity (Wildman–Crippen MR) is 95.1 cm³/mol. The van der Waals surface area contributed by atoms with Crippen molar-refractivity contribution in [2.24, 2.45) is 0 Å². The zero-order chi connectivity index (χ0) is 17.8. The van der Waals surface area contributed by atoms with Crippen LogP contribution < -0.4 is 5.32 Å². The zero-order valence-corrected chi connectivity index (χ0v) is 15.2. The molecule has 3 rings (SSSR count). The Morgan fingerprint density at radius 3 is 2.84 bits per heavy atom. The van der Waals surface area contributed by atoms with Crippen LogP contribution in [0.1, 0.15) is 53.2 Å². The maximum absolute atomic E-state index is 12.3. The number of fused-ring (bicyclic) bond motifs is 1. The minimum absolute atomic E-state index is 0.191. The molecule has 134 valence electrons. The van der Waals surface area contributed by atoms with Crippen molar-refractivity contribution < 1.29 is 4.79 Å². The van der Waals surface area contributed by atoms with Crippen molar-refractivity contribution in [1.82, 2.24) is 30.0 Å². The zero-order valence-electron chi connectivity index (χ0n) is 15.2. The Morgan fingerprint density at radius 1 is 1.24 bits per heavy atom. The summed E-state index contributed by atoms with van der Waals surface area (Å²) < 4.78 is 2.06. The minimum Gasteiger partial charge on any atom is -0.345 e. The number of nitrogens with zero attached hydrogens (tertiary/aromatic N) is 5. The molecule has 0 spiro atoms. The lowest BCUT2D eigenvalue weighted by Gasteiger charge is -2.27. The second-order valence-corrected chi connectivity index (χ2v) is 6.60. The van der Waals surface area contributed by atoms with Gasteiger partial charge in [-0.15, -0.1) is 0 Å². The van der Waals surface area contributed by atoms with Gasteiger partial charge in [-0.1, -0.05) is 13.3 Å². The van der Waals surface area contributed by atoms with E-state index in [1.807, 2.05) is 6.92 Å². The molecule has 0 unspecified atom stereocenters. The van der Waals surface area contributed by atoms with E-state index in [0.717, 1.165) is 37.6 Å². The van der Waals surface area contributed by atoms with Crippen molar-refractivity contribution >= 4 is 5.91 Å². The summed E-state index contributed by atoms with van der Waals surface area (Å²) in [6.07, 6.45) is 2.45. The average Bonchev–Trinajstić information content (AvgIpc) is 2.99. The molecule has 0 atom stereocenters. The summed E-state index contributed by atoms with van der Waals surface area (Å²) in [5, 5.41) is 7.51. The first kappa shape index (κ1) is 17.5. The smallest absolute Gasteiger partial charge is 0.270 e. The highest BCUT2D eigenvalue weighted by atomic mass is 16.1. The molecule has 1 aliphatic rings. The van der Waals surface area contributed by atoms with Crippen molar-refractivity contribution in [2.75, 3.05) is 13.1 Å². The lowest BCUT2D eigenvalue weighted by atomic mass is 10.2. The van der Waals surface area contributed by atoms with Gasteiger partial charge in [0.05, 0.1) is 24.5 Å². The maximum atomic E-state index is 12.3. The normalized spacial score (nSPS) is 14.4. The van der Waals surface area contributed by atoms with E-state index >= 15 is 0 Å². The van der Waals surface area contributed by atoms with E-state index in [-0.39, 0.29) is 5.91 Å². The lowest BCUT2D eigenvalue weighted by molar-refractivity contribution is 0.0944. The Balaban J connectivity index is 1.59. The molecule has 0 saturated carbocycles. The summed E-state index contributed by atoms with van der Waals surface area (Å²) in [5.74, 6) is 0.416. The van der Waals surface area contributed by atoms with Gasteiger partial charge >= 0.3 is 0 Å². The molecule has 1 aliphatic heterocycles. The largest absolute Gasteiger partial charge is 0.345 e. The van der Waals surface area contributed by atoms with Crippen molar-refractivity contribution in [3.63, 3.8) is 0 Å². The van der Waals surface area contributed by atoms with Crippen LogP contribution in [0.15, 0.2) is 12.1 Å². The molecule has 2 aromatic rings. The molecule has 2 aromatic heterocycles. The summed E-state index contributed by atoms with van der Waals surface area (Å²) in [6.45, 7) is 10.3. The van der Waals surface area contributed by atoms with Crippen molar-refractivity contribution in [2.45, 2.75) is 53.2 Å². The third kappa shape index (κ3) is 4.42. The van der Waals surface area contributed by atoms with E-state index in [9.17, 15) is 4.79 Å². The minimum atomic E-state index is -0.191. The monoisotopic (exact) mass is 342 g/mol. The van der Waals surface area contributed by atoms with E-state index < -0.39 is 0 Å². The van der Waals surface area contributed by atoms with Gasteiger partial charge in [0.2, 0.25) is 0 Å². The fourth-order valence-electron chi connectivity index (χ4n) is 3.13. The predicted octanol–water partition coefficient (Wildman–Crippen LogP) is 1.84. The van der Waals surface area contributed by atoms with E-state index in [0.29, 0.717) is 18.1 Å². The van der Waals surface area contributed by atoms with Gasteiger partial charge in [-0.3, -0.25) is 14.4 Å². The summed E-state index contributed by atoms with van der Waals surface area (Å²) in [7, 11) is 0. The molecule has 7 nitrogen and oxygen atoms in total. The van der Waals surface area contributed by atoms with Crippen molar-refractivity contribution in [3.05, 3.63) is 40.7 Å². The first-order valence-corrected chi connectivity index (χ1v) is 8.93. The van der Waals surface area contributed by atoms with Gasteiger partial charge in [0.15, 0.2) is 0 Å². The molecule has 0 bridgehead atoms. The summed E-state index contributed by atoms with van der Waals surface area (Å²) in [5.41, 5.74) is 3.31. The Bertz CT molecular complexity index is 734. The highest BCUT2D eigenvalue weighted by Crippen LogP contribution is 2.14. The number of hydrogen-bond acceptors (Lipinski definition) is 5. The number of carbonyl (C=O) groups excluding carboxylic acids is 1. The van der Waals surface area contributed by atoms with Crippen LogP contribution in [-0.4, -0.2) is 43.6 Å². The number of unbranched alkanes of at least 4 members (excludes halogenated alkanes) is 1. The molecule has 0 fully saturated rings. The van der Waals surface area contributed by atoms with Crippen LogP contribution in [0.25, 0.3) is 0 Å². The fourth-order valence-corrected chi connectivity index (χ4v) is 3.13. The van der Waals surface area contributed by atoms with Crippen LogP contribution in [0.4, 0.5) is 0 Å². The summed E-state index contributed by atoms with van der Waals surface area (Å²) in [6, 6.07) is 3.79. The Morgan fingerprint density at radius 2 is 2.08 bits per heavy atom. The van der Waals surface area contributed by atoms with Gasteiger partial charge in [-0.2, -0.15) is 5.10 Å². The number of aryl methyl sites for hydroxylation is 2. The molecule has 0 radical (unpaired) electrons. The molecule has 25 heavy (non-hydrogen) atoms. The van der Waals surface area contributed by atoms with Crippen LogP contribution in [0.5, 0.6) is 0 Å². The molecule has 0 aromatic carbocycles. The number of hydrogen-bond donors (Lipinski definition) is 1. The Kier molecular flexibility index (Phi) is 5.43. The lowest BCUT2D eigenvalue weighted by Crippen LogP contribution is -2.34. The molecule has 1 N–H and O–H groups in total. The van der Waals surface area contributed by atoms with Crippen molar-refractivity contribution in [3.8, 4) is 0 Å². The second-order valence-electron chi connectivity index (χ2n) is 6.60. The van der Waals surface area contributed by atoms with Gasteiger partial charge in [-0.05, 0) is 38.9 Å². The second kappa shape index (κ2) is 7.74. The van der Waals surface area contributed by atoms with Gasteiger partial charge in [0.25, 0.3) is 5.91 Å². The molecular formula is C18H26N6O. The van der Waals surface area contributed by atoms with Crippen LogP contribution in [0.2, 0.25) is 0 Å². The Labute approximate surface area is 148 Å². The molecule has 3 heterocycles. The highest BCUT2D eigenvalue weighted by molar-refractivity contribution is 5.92. The molecular weight excluding hydrogens is 316 g/mol. The standard InChI is InChI=1S/C18H26N6O/c1-4-5-6-23-7-8-24-16(12-23)10-15(22-24)11-19-18(25)17-9-13(2)20-14(3)21-17/h9-10H,4-8,11-12H2,1-3H3,(H,19,25). The van der Waals surface area contributed by atoms with Gasteiger partial charge in [-0.25, -0.2) is 9.97 Å². The number of nitrogens with one attached hydrogen (secondary N) is 1. The molecule has 0 aliphatic carbocycles. The van der Waals surface area contributed by atoms with Crippen molar-refractivity contribution in [1.29, 1.82) is 0 Å². The van der Waals surface area contributed by atoms with Gasteiger partial charge < -0.3 is 5.32 Å². The third-order valence-electron chi connectivity index (χ3n) is 4.38. The number of aromatic nitrogens is 4. The van der Waals surface area contributed by atoms with Crippen LogP contribution in [-0.2, 0) is 19.6 Å². The summed E-state index contributed by atoms with van der Waals surface area (Å²) in [4.78, 5) is 23.1. The van der Waals surface area contributed by atoms with E-state index in [2.05, 4.69) is 43.0 Å². The average molecular weight is 342 g/mol. The molecule has 1 amide bonds.